The molecule has 2 aromatic rings. The van der Waals surface area contributed by atoms with Gasteiger partial charge in [-0.1, -0.05) is 63.8 Å². The standard InChI is InChI=1S/C24H36N2O4S4/c1-5-7-9-17-25(33(27,28)23-15-11-13-21(3)19-23)31-32-26(18-10-8-6-2)34(29,30)24-16-12-14-22(4)20-24/h11-16,19-20H,5-10,17-18H2,1-4H3. The van der Waals surface area contributed by atoms with Gasteiger partial charge in [-0.15, -0.1) is 7.42 Å². The van der Waals surface area contributed by atoms with Crippen molar-refractivity contribution in [3.05, 3.63) is 59.7 Å². The van der Waals surface area contributed by atoms with Crippen LogP contribution >= 0.6 is 22.0 Å². The molecule has 0 bridgehead atoms. The molecule has 0 N–H and O–H groups in total. The van der Waals surface area contributed by atoms with E-state index in [1.54, 1.807) is 36.4 Å². The Labute approximate surface area is 214 Å². The van der Waals surface area contributed by atoms with Crippen molar-refractivity contribution >= 4 is 42.0 Å². The van der Waals surface area contributed by atoms with E-state index in [1.165, 1.54) is 7.42 Å². The normalized spacial score (nSPS) is 12.5. The van der Waals surface area contributed by atoms with Crippen molar-refractivity contribution in [2.45, 2.75) is 76.0 Å². The van der Waals surface area contributed by atoms with Crippen molar-refractivity contribution in [2.24, 2.45) is 0 Å². The SMILES string of the molecule is CCCCCN(SSN(CCCCC)S(=O)(=O)c1cccc(C)c1)S(=O)(=O)c1cccc(C)c1. The fourth-order valence-electron chi connectivity index (χ4n) is 3.24. The minimum atomic E-state index is -3.79. The Morgan fingerprint density at radius 2 is 1.03 bits per heavy atom. The highest BCUT2D eigenvalue weighted by molar-refractivity contribution is 8.76. The summed E-state index contributed by atoms with van der Waals surface area (Å²) in [6.07, 6.45) is 5.12. The smallest absolute Gasteiger partial charge is 0.206 e. The third kappa shape index (κ3) is 8.27. The molecule has 0 radical (unpaired) electrons. The molecule has 0 aromatic heterocycles. The molecule has 0 spiro atoms. The van der Waals surface area contributed by atoms with Crippen LogP contribution in [0.4, 0.5) is 0 Å². The molecule has 190 valence electrons. The first-order valence-corrected chi connectivity index (χ1v) is 16.6. The number of rotatable bonds is 15. The van der Waals surface area contributed by atoms with Crippen LogP contribution in [0.3, 0.4) is 0 Å². The van der Waals surface area contributed by atoms with E-state index in [-0.39, 0.29) is 9.79 Å². The third-order valence-corrected chi connectivity index (χ3v) is 12.6. The molecule has 0 atom stereocenters. The summed E-state index contributed by atoms with van der Waals surface area (Å²) in [6.45, 7) is 8.46. The summed E-state index contributed by atoms with van der Waals surface area (Å²) in [5.74, 6) is 0. The minimum Gasteiger partial charge on any atom is -0.206 e. The number of unbranched alkanes of at least 4 members (excludes halogenated alkanes) is 4. The number of nitrogens with zero attached hydrogens (tertiary/aromatic N) is 2. The molecule has 0 fully saturated rings. The predicted molar refractivity (Wildman–Crippen MR) is 144 cm³/mol. The lowest BCUT2D eigenvalue weighted by atomic mass is 10.2. The summed E-state index contributed by atoms with van der Waals surface area (Å²) in [4.78, 5) is 0.437. The van der Waals surface area contributed by atoms with Crippen LogP contribution in [-0.4, -0.2) is 37.3 Å². The lowest BCUT2D eigenvalue weighted by Crippen LogP contribution is -2.29. The molecule has 0 aliphatic heterocycles. The van der Waals surface area contributed by atoms with Gasteiger partial charge >= 0.3 is 0 Å². The topological polar surface area (TPSA) is 74.8 Å². The van der Waals surface area contributed by atoms with Crippen molar-refractivity contribution in [1.82, 2.24) is 7.42 Å². The van der Waals surface area contributed by atoms with Gasteiger partial charge in [-0.3, -0.25) is 0 Å². The van der Waals surface area contributed by atoms with Gasteiger partial charge in [0.15, 0.2) is 0 Å². The second-order valence-corrected chi connectivity index (χ2v) is 14.5. The molecule has 0 heterocycles. The highest BCUT2D eigenvalue weighted by Gasteiger charge is 2.30. The monoisotopic (exact) mass is 544 g/mol. The molecular formula is C24H36N2O4S4. The van der Waals surface area contributed by atoms with E-state index in [1.807, 2.05) is 26.0 Å². The third-order valence-electron chi connectivity index (χ3n) is 5.20. The molecule has 0 saturated heterocycles. The van der Waals surface area contributed by atoms with Crippen molar-refractivity contribution in [3.63, 3.8) is 0 Å². The summed E-state index contributed by atoms with van der Waals surface area (Å²) in [5.41, 5.74) is 1.71. The number of hydrogen-bond donors (Lipinski definition) is 0. The zero-order valence-corrected chi connectivity index (χ0v) is 23.7. The average molecular weight is 545 g/mol. The first kappa shape index (κ1) is 29.2. The van der Waals surface area contributed by atoms with Gasteiger partial charge in [0.05, 0.1) is 9.79 Å². The van der Waals surface area contributed by atoms with Crippen LogP contribution in [0.5, 0.6) is 0 Å². The minimum absolute atomic E-state index is 0.219. The number of hydrogen-bond acceptors (Lipinski definition) is 6. The molecule has 6 nitrogen and oxygen atoms in total. The zero-order chi connectivity index (χ0) is 25.2. The summed E-state index contributed by atoms with van der Waals surface area (Å²) in [5, 5.41) is 0. The summed E-state index contributed by atoms with van der Waals surface area (Å²) >= 11 is 0. The molecule has 2 aromatic carbocycles. The van der Waals surface area contributed by atoms with Crippen LogP contribution in [0.25, 0.3) is 0 Å². The largest absolute Gasteiger partial charge is 0.253 e. The van der Waals surface area contributed by atoms with E-state index in [0.717, 1.165) is 58.8 Å². The Morgan fingerprint density at radius 3 is 1.35 bits per heavy atom. The van der Waals surface area contributed by atoms with Crippen LogP contribution in [0.1, 0.15) is 63.5 Å². The predicted octanol–water partition coefficient (Wildman–Crippen LogP) is 6.58. The van der Waals surface area contributed by atoms with E-state index >= 15 is 0 Å². The van der Waals surface area contributed by atoms with Gasteiger partial charge in [-0.25, -0.2) is 16.8 Å². The Kier molecular flexibility index (Phi) is 11.9. The molecule has 0 unspecified atom stereocenters. The fraction of sp³-hybridized carbons (Fsp3) is 0.500. The second kappa shape index (κ2) is 13.9. The first-order valence-electron chi connectivity index (χ1n) is 11.7. The molecule has 0 aliphatic rings. The van der Waals surface area contributed by atoms with E-state index in [2.05, 4.69) is 13.8 Å². The van der Waals surface area contributed by atoms with Crippen molar-refractivity contribution in [1.29, 1.82) is 0 Å². The second-order valence-electron chi connectivity index (χ2n) is 8.26. The number of sulfonamides is 2. The highest BCUT2D eigenvalue weighted by Crippen LogP contribution is 2.38. The van der Waals surface area contributed by atoms with Gasteiger partial charge in [0.25, 0.3) is 20.0 Å². The van der Waals surface area contributed by atoms with Crippen molar-refractivity contribution in [2.75, 3.05) is 13.1 Å². The van der Waals surface area contributed by atoms with Gasteiger partial charge < -0.3 is 0 Å². The average Bonchev–Trinajstić information content (AvgIpc) is 2.79. The van der Waals surface area contributed by atoms with E-state index in [4.69, 9.17) is 0 Å². The van der Waals surface area contributed by atoms with Crippen LogP contribution in [-0.2, 0) is 20.0 Å². The Hall–Kier alpha value is -1.04. The highest BCUT2D eigenvalue weighted by atomic mass is 33.1. The maximum atomic E-state index is 13.4. The molecule has 10 heteroatoms. The van der Waals surface area contributed by atoms with Crippen LogP contribution < -0.4 is 0 Å². The Balaban J connectivity index is 2.32. The zero-order valence-electron chi connectivity index (χ0n) is 20.4. The van der Waals surface area contributed by atoms with E-state index in [9.17, 15) is 16.8 Å². The van der Waals surface area contributed by atoms with Crippen LogP contribution in [0.15, 0.2) is 58.3 Å². The Morgan fingerprint density at radius 1 is 0.647 bits per heavy atom. The first-order chi connectivity index (χ1) is 16.1. The number of aryl methyl sites for hydroxylation is 2. The van der Waals surface area contributed by atoms with Gasteiger partial charge in [0, 0.05) is 35.0 Å². The Bertz CT molecular complexity index is 1030. The lowest BCUT2D eigenvalue weighted by Gasteiger charge is -2.25. The summed E-state index contributed by atoms with van der Waals surface area (Å²) in [6, 6.07) is 13.6. The molecule has 34 heavy (non-hydrogen) atoms. The van der Waals surface area contributed by atoms with E-state index in [0.29, 0.717) is 25.9 Å². The molecule has 0 amide bonds. The van der Waals surface area contributed by atoms with Crippen LogP contribution in [0.2, 0.25) is 0 Å². The van der Waals surface area contributed by atoms with Gasteiger partial charge in [0.1, 0.15) is 0 Å². The fourth-order valence-corrected chi connectivity index (χ4v) is 10.2. The number of benzene rings is 2. The van der Waals surface area contributed by atoms with E-state index < -0.39 is 20.0 Å². The molecule has 2 rings (SSSR count). The van der Waals surface area contributed by atoms with Gasteiger partial charge in [-0.05, 0) is 62.1 Å². The molecular weight excluding hydrogens is 509 g/mol. The van der Waals surface area contributed by atoms with Crippen molar-refractivity contribution in [3.8, 4) is 0 Å². The van der Waals surface area contributed by atoms with Crippen LogP contribution in [0, 0.1) is 13.8 Å². The van der Waals surface area contributed by atoms with Gasteiger partial charge in [-0.2, -0.15) is 0 Å². The maximum Gasteiger partial charge on any atom is 0.253 e. The van der Waals surface area contributed by atoms with Crippen molar-refractivity contribution < 1.29 is 16.8 Å². The maximum absolute atomic E-state index is 13.4. The summed E-state index contributed by atoms with van der Waals surface area (Å²) in [7, 11) is -5.61. The molecule has 0 saturated carbocycles. The lowest BCUT2D eigenvalue weighted by molar-refractivity contribution is 0.524. The summed E-state index contributed by atoms with van der Waals surface area (Å²) < 4.78 is 56.4. The van der Waals surface area contributed by atoms with Gasteiger partial charge in [0.2, 0.25) is 0 Å². The quantitative estimate of drug-likeness (QED) is 0.143. The molecule has 0 aliphatic carbocycles.